The molecular weight excluding hydrogens is 222 g/mol. The van der Waals surface area contributed by atoms with Crippen molar-refractivity contribution in [2.45, 2.75) is 25.3 Å². The van der Waals surface area contributed by atoms with Gasteiger partial charge in [0.25, 0.3) is 0 Å². The van der Waals surface area contributed by atoms with Crippen LogP contribution in [0.2, 0.25) is 0 Å². The molecule has 1 atom stereocenters. The van der Waals surface area contributed by atoms with Crippen LogP contribution in [0, 0.1) is 5.92 Å². The average molecular weight is 241 g/mol. The third-order valence-corrected chi connectivity index (χ3v) is 2.91. The number of azide groups is 1. The molecule has 0 aromatic rings. The Morgan fingerprint density at radius 2 is 2.29 bits per heavy atom. The van der Waals surface area contributed by atoms with Crippen molar-refractivity contribution in [1.29, 1.82) is 0 Å². The van der Waals surface area contributed by atoms with Crippen LogP contribution in [-0.4, -0.2) is 38.3 Å². The fourth-order valence-electron chi connectivity index (χ4n) is 2.00. The molecule has 0 aliphatic carbocycles. The minimum Gasteiger partial charge on any atom is -0.381 e. The van der Waals surface area contributed by atoms with Gasteiger partial charge in [-0.25, -0.2) is 0 Å². The maximum absolute atomic E-state index is 11.4. The summed E-state index contributed by atoms with van der Waals surface area (Å²) in [7, 11) is 0. The lowest BCUT2D eigenvalue weighted by Gasteiger charge is -2.28. The molecule has 3 N–H and O–H groups in total. The Balaban J connectivity index is 2.32. The number of hydrogen-bond acceptors (Lipinski definition) is 4. The van der Waals surface area contributed by atoms with Gasteiger partial charge in [-0.15, -0.1) is 0 Å². The highest BCUT2D eigenvalue weighted by Crippen LogP contribution is 2.18. The molecule has 17 heavy (non-hydrogen) atoms. The number of carbonyl (C=O) groups excluding carboxylic acids is 1. The summed E-state index contributed by atoms with van der Waals surface area (Å²) in [5.74, 6) is -0.0681. The summed E-state index contributed by atoms with van der Waals surface area (Å²) in [4.78, 5) is 14.0. The molecule has 0 aromatic carbocycles. The summed E-state index contributed by atoms with van der Waals surface area (Å²) in [6.07, 6.45) is 2.42. The summed E-state index contributed by atoms with van der Waals surface area (Å²) in [5, 5.41) is 6.56. The van der Waals surface area contributed by atoms with Gasteiger partial charge in [0.05, 0.1) is 6.04 Å². The molecule has 0 bridgehead atoms. The predicted octanol–water partition coefficient (Wildman–Crippen LogP) is 0.557. The molecule has 1 saturated heterocycles. The van der Waals surface area contributed by atoms with Crippen molar-refractivity contribution in [3.8, 4) is 0 Å². The van der Waals surface area contributed by atoms with E-state index < -0.39 is 0 Å². The number of primary amides is 1. The van der Waals surface area contributed by atoms with E-state index in [1.807, 2.05) is 0 Å². The zero-order chi connectivity index (χ0) is 12.5. The number of nitrogens with zero attached hydrogens (tertiary/aromatic N) is 3. The number of ether oxygens (including phenoxy) is 1. The quantitative estimate of drug-likeness (QED) is 0.294. The largest absolute Gasteiger partial charge is 0.381 e. The second-order valence-electron chi connectivity index (χ2n) is 4.09. The first kappa shape index (κ1) is 13.8. The van der Waals surface area contributed by atoms with Crippen molar-refractivity contribution in [3.05, 3.63) is 10.4 Å². The third-order valence-electron chi connectivity index (χ3n) is 2.91. The molecule has 1 aliphatic heterocycles. The topological polar surface area (TPSA) is 113 Å². The maximum Gasteiger partial charge on any atom is 0.234 e. The molecule has 1 rings (SSSR count). The van der Waals surface area contributed by atoms with Crippen molar-refractivity contribution in [2.75, 3.05) is 26.3 Å². The van der Waals surface area contributed by atoms with Crippen molar-refractivity contribution in [2.24, 2.45) is 16.8 Å². The summed E-state index contributed by atoms with van der Waals surface area (Å²) in [6, 6.07) is -0.301. The fraction of sp³-hybridized carbons (Fsp3) is 0.900. The van der Waals surface area contributed by atoms with Gasteiger partial charge in [0.1, 0.15) is 0 Å². The van der Waals surface area contributed by atoms with Gasteiger partial charge in [0.2, 0.25) is 5.91 Å². The van der Waals surface area contributed by atoms with Crippen LogP contribution in [0.25, 0.3) is 10.4 Å². The number of hydrogen-bond donors (Lipinski definition) is 2. The van der Waals surface area contributed by atoms with E-state index in [1.54, 1.807) is 0 Å². The highest BCUT2D eigenvalue weighted by Gasteiger charge is 2.27. The van der Waals surface area contributed by atoms with Crippen LogP contribution in [0.5, 0.6) is 0 Å². The van der Waals surface area contributed by atoms with E-state index in [9.17, 15) is 4.79 Å². The highest BCUT2D eigenvalue weighted by atomic mass is 16.5. The SMILES string of the molecule is [N-]=[N+]=NCCCNC(C(N)=O)C1CCOCC1. The molecule has 0 spiro atoms. The van der Waals surface area contributed by atoms with Crippen LogP contribution in [0.3, 0.4) is 0 Å². The Labute approximate surface area is 100 Å². The van der Waals surface area contributed by atoms with Crippen molar-refractivity contribution < 1.29 is 9.53 Å². The molecular formula is C10H19N5O2. The molecule has 0 radical (unpaired) electrons. The van der Waals surface area contributed by atoms with Crippen LogP contribution in [0.4, 0.5) is 0 Å². The monoisotopic (exact) mass is 241 g/mol. The lowest BCUT2D eigenvalue weighted by molar-refractivity contribution is -0.122. The van der Waals surface area contributed by atoms with E-state index in [4.69, 9.17) is 16.0 Å². The van der Waals surface area contributed by atoms with E-state index in [0.717, 1.165) is 12.8 Å². The van der Waals surface area contributed by atoms with Gasteiger partial charge in [-0.3, -0.25) is 4.79 Å². The molecule has 0 saturated carbocycles. The zero-order valence-corrected chi connectivity index (χ0v) is 9.84. The van der Waals surface area contributed by atoms with Gasteiger partial charge < -0.3 is 15.8 Å². The molecule has 7 heteroatoms. The number of amides is 1. The Morgan fingerprint density at radius 3 is 2.88 bits per heavy atom. The molecule has 0 aromatic heterocycles. The first-order valence-electron chi connectivity index (χ1n) is 5.87. The molecule has 1 unspecified atom stereocenters. The maximum atomic E-state index is 11.4. The second-order valence-corrected chi connectivity index (χ2v) is 4.09. The fourth-order valence-corrected chi connectivity index (χ4v) is 2.00. The first-order valence-corrected chi connectivity index (χ1v) is 5.87. The minimum absolute atomic E-state index is 0.251. The number of carbonyl (C=O) groups is 1. The van der Waals surface area contributed by atoms with Crippen LogP contribution in [0.15, 0.2) is 5.11 Å². The smallest absolute Gasteiger partial charge is 0.234 e. The number of nitrogens with two attached hydrogens (primary N) is 1. The van der Waals surface area contributed by atoms with Gasteiger partial charge in [-0.1, -0.05) is 5.11 Å². The van der Waals surface area contributed by atoms with E-state index in [-0.39, 0.29) is 17.9 Å². The summed E-state index contributed by atoms with van der Waals surface area (Å²) >= 11 is 0. The molecule has 1 fully saturated rings. The van der Waals surface area contributed by atoms with Crippen molar-refractivity contribution in [3.63, 3.8) is 0 Å². The third kappa shape index (κ3) is 5.04. The summed E-state index contributed by atoms with van der Waals surface area (Å²) < 4.78 is 5.25. The lowest BCUT2D eigenvalue weighted by atomic mass is 9.91. The number of rotatable bonds is 7. The predicted molar refractivity (Wildman–Crippen MR) is 63.2 cm³/mol. The molecule has 96 valence electrons. The van der Waals surface area contributed by atoms with Crippen LogP contribution in [0.1, 0.15) is 19.3 Å². The molecule has 1 aliphatic rings. The summed E-state index contributed by atoms with van der Waals surface area (Å²) in [6.45, 7) is 2.44. The van der Waals surface area contributed by atoms with Crippen LogP contribution in [-0.2, 0) is 9.53 Å². The summed E-state index contributed by atoms with van der Waals surface area (Å²) in [5.41, 5.74) is 13.5. The Hall–Kier alpha value is -1.30. The van der Waals surface area contributed by atoms with Gasteiger partial charge in [0, 0.05) is 24.7 Å². The van der Waals surface area contributed by atoms with Crippen LogP contribution < -0.4 is 11.1 Å². The van der Waals surface area contributed by atoms with Gasteiger partial charge in [-0.05, 0) is 37.3 Å². The standard InChI is InChI=1S/C10H19N5O2/c11-10(16)9(8-2-6-17-7-3-8)13-4-1-5-14-15-12/h8-9,13H,1-7H2,(H2,11,16). The Kier molecular flexibility index (Phi) is 6.39. The zero-order valence-electron chi connectivity index (χ0n) is 9.84. The normalized spacial score (nSPS) is 18.4. The Bertz CT molecular complexity index is 284. The van der Waals surface area contributed by atoms with Crippen molar-refractivity contribution in [1.82, 2.24) is 5.32 Å². The molecule has 1 amide bonds. The van der Waals surface area contributed by atoms with E-state index in [2.05, 4.69) is 15.3 Å². The van der Waals surface area contributed by atoms with E-state index in [1.165, 1.54) is 0 Å². The van der Waals surface area contributed by atoms with Crippen molar-refractivity contribution >= 4 is 5.91 Å². The first-order chi connectivity index (χ1) is 8.25. The average Bonchev–Trinajstić information content (AvgIpc) is 2.34. The van der Waals surface area contributed by atoms with Crippen LogP contribution >= 0.6 is 0 Å². The van der Waals surface area contributed by atoms with E-state index in [0.29, 0.717) is 32.7 Å². The van der Waals surface area contributed by atoms with Gasteiger partial charge in [0.15, 0.2) is 0 Å². The lowest BCUT2D eigenvalue weighted by Crippen LogP contribution is -2.48. The Morgan fingerprint density at radius 1 is 1.59 bits per heavy atom. The van der Waals surface area contributed by atoms with E-state index >= 15 is 0 Å². The molecule has 1 heterocycles. The molecule has 7 nitrogen and oxygen atoms in total. The van der Waals surface area contributed by atoms with Gasteiger partial charge in [-0.2, -0.15) is 0 Å². The second kappa shape index (κ2) is 7.89. The van der Waals surface area contributed by atoms with Gasteiger partial charge >= 0.3 is 0 Å². The number of nitrogens with one attached hydrogen (secondary N) is 1. The minimum atomic E-state index is -0.319. The highest BCUT2D eigenvalue weighted by molar-refractivity contribution is 5.80.